The number of H-pyrrole nitrogens is 1. The molecule has 0 spiro atoms. The van der Waals surface area contributed by atoms with Crippen LogP contribution in [0.5, 0.6) is 0 Å². The molecule has 1 heterocycles. The van der Waals surface area contributed by atoms with Crippen LogP contribution in [-0.2, 0) is 6.54 Å². The van der Waals surface area contributed by atoms with E-state index in [1.165, 1.54) is 0 Å². The molecule has 0 aliphatic rings. The number of hydrogen-bond acceptors (Lipinski definition) is 4. The van der Waals surface area contributed by atoms with E-state index in [9.17, 15) is 4.79 Å². The summed E-state index contributed by atoms with van der Waals surface area (Å²) < 4.78 is 4.94. The smallest absolute Gasteiger partial charge is 0.408 e. The molecule has 0 amide bonds. The van der Waals surface area contributed by atoms with Crippen LogP contribution in [-0.4, -0.2) is 11.5 Å². The quantitative estimate of drug-likeness (QED) is 0.860. The Morgan fingerprint density at radius 3 is 2.95 bits per heavy atom. The minimum Gasteiger partial charge on any atom is -0.408 e. The third-order valence-electron chi connectivity index (χ3n) is 3.15. The van der Waals surface area contributed by atoms with Crippen LogP contribution in [0.4, 0.5) is 0 Å². The molecule has 0 saturated carbocycles. The van der Waals surface area contributed by atoms with Crippen molar-refractivity contribution in [2.24, 2.45) is 11.8 Å². The lowest BCUT2D eigenvalue weighted by Crippen LogP contribution is -2.24. The molecule has 1 atom stereocenters. The zero-order valence-electron chi connectivity index (χ0n) is 11.1. The van der Waals surface area contributed by atoms with Gasteiger partial charge in [-0.2, -0.15) is 5.26 Å². The first-order valence-electron chi connectivity index (χ1n) is 6.32. The molecule has 19 heavy (non-hydrogen) atoms. The molecule has 0 bridgehead atoms. The average Bonchev–Trinajstić information content (AvgIpc) is 2.73. The van der Waals surface area contributed by atoms with Gasteiger partial charge in [-0.25, -0.2) is 4.79 Å². The van der Waals surface area contributed by atoms with Crippen molar-refractivity contribution in [3.63, 3.8) is 0 Å². The molecular weight excluding hydrogens is 242 g/mol. The standard InChI is InChI=1S/C14H17N3O2/c1-9(2)11(6-15)8-16-7-10-3-4-13-12(5-10)17-14(18)19-13/h3-5,9,11,16H,7-8H2,1-2H3,(H,17,18). The summed E-state index contributed by atoms with van der Waals surface area (Å²) in [6, 6.07) is 7.85. The first-order chi connectivity index (χ1) is 9.10. The Hall–Kier alpha value is -2.06. The second kappa shape index (κ2) is 5.72. The molecule has 2 rings (SSSR count). The van der Waals surface area contributed by atoms with Gasteiger partial charge in [0.15, 0.2) is 5.58 Å². The van der Waals surface area contributed by atoms with E-state index in [4.69, 9.17) is 9.68 Å². The number of aromatic amines is 1. The first-order valence-corrected chi connectivity index (χ1v) is 6.32. The van der Waals surface area contributed by atoms with Gasteiger partial charge >= 0.3 is 5.76 Å². The summed E-state index contributed by atoms with van der Waals surface area (Å²) in [6.07, 6.45) is 0. The summed E-state index contributed by atoms with van der Waals surface area (Å²) in [4.78, 5) is 13.7. The van der Waals surface area contributed by atoms with Crippen molar-refractivity contribution < 1.29 is 4.42 Å². The molecule has 2 N–H and O–H groups in total. The van der Waals surface area contributed by atoms with E-state index in [1.807, 2.05) is 26.0 Å². The van der Waals surface area contributed by atoms with E-state index < -0.39 is 5.76 Å². The highest BCUT2D eigenvalue weighted by Crippen LogP contribution is 2.12. The topological polar surface area (TPSA) is 81.8 Å². The molecule has 1 aromatic heterocycles. The molecule has 0 saturated heterocycles. The Bertz CT molecular complexity index is 648. The third kappa shape index (κ3) is 3.24. The van der Waals surface area contributed by atoms with E-state index in [0.717, 1.165) is 5.56 Å². The van der Waals surface area contributed by atoms with Crippen LogP contribution in [0.15, 0.2) is 27.4 Å². The number of nitriles is 1. The second-order valence-corrected chi connectivity index (χ2v) is 4.96. The summed E-state index contributed by atoms with van der Waals surface area (Å²) in [6.45, 7) is 5.40. The van der Waals surface area contributed by atoms with Gasteiger partial charge in [-0.1, -0.05) is 19.9 Å². The molecule has 100 valence electrons. The predicted octanol–water partition coefficient (Wildman–Crippen LogP) is 2.01. The van der Waals surface area contributed by atoms with Gasteiger partial charge in [0.25, 0.3) is 0 Å². The van der Waals surface area contributed by atoms with Crippen LogP contribution in [0.2, 0.25) is 0 Å². The molecule has 0 radical (unpaired) electrons. The number of oxazole rings is 1. The zero-order valence-corrected chi connectivity index (χ0v) is 11.1. The van der Waals surface area contributed by atoms with Gasteiger partial charge in [-0.3, -0.25) is 4.98 Å². The van der Waals surface area contributed by atoms with E-state index in [-0.39, 0.29) is 5.92 Å². The van der Waals surface area contributed by atoms with Crippen LogP contribution in [0, 0.1) is 23.2 Å². The number of fused-ring (bicyclic) bond motifs is 1. The average molecular weight is 259 g/mol. The van der Waals surface area contributed by atoms with Crippen molar-refractivity contribution >= 4 is 11.1 Å². The van der Waals surface area contributed by atoms with Gasteiger partial charge in [-0.15, -0.1) is 0 Å². The fraction of sp³-hybridized carbons (Fsp3) is 0.429. The minimum atomic E-state index is -0.440. The van der Waals surface area contributed by atoms with Crippen molar-refractivity contribution in [1.82, 2.24) is 10.3 Å². The lowest BCUT2D eigenvalue weighted by molar-refractivity contribution is 0.442. The van der Waals surface area contributed by atoms with E-state index in [2.05, 4.69) is 16.4 Å². The molecule has 5 nitrogen and oxygen atoms in total. The Morgan fingerprint density at radius 1 is 1.47 bits per heavy atom. The maximum absolute atomic E-state index is 11.0. The number of rotatable bonds is 5. The Labute approximate surface area is 111 Å². The van der Waals surface area contributed by atoms with Crippen LogP contribution in [0.1, 0.15) is 19.4 Å². The van der Waals surface area contributed by atoms with Gasteiger partial charge in [0.2, 0.25) is 0 Å². The highest BCUT2D eigenvalue weighted by atomic mass is 16.4. The summed E-state index contributed by atoms with van der Waals surface area (Å²) in [7, 11) is 0. The molecule has 0 aliphatic heterocycles. The van der Waals surface area contributed by atoms with Gasteiger partial charge in [-0.05, 0) is 23.6 Å². The summed E-state index contributed by atoms with van der Waals surface area (Å²) in [5.41, 5.74) is 2.31. The lowest BCUT2D eigenvalue weighted by atomic mass is 9.97. The van der Waals surface area contributed by atoms with Gasteiger partial charge in [0.05, 0.1) is 17.5 Å². The summed E-state index contributed by atoms with van der Waals surface area (Å²) in [5.74, 6) is -0.0906. The van der Waals surface area contributed by atoms with Crippen LogP contribution in [0.25, 0.3) is 11.1 Å². The first kappa shape index (κ1) is 13.4. The zero-order chi connectivity index (χ0) is 13.8. The minimum absolute atomic E-state index is 0.0115. The van der Waals surface area contributed by atoms with E-state index >= 15 is 0 Å². The summed E-state index contributed by atoms with van der Waals surface area (Å²) >= 11 is 0. The van der Waals surface area contributed by atoms with Crippen molar-refractivity contribution in [3.05, 3.63) is 34.3 Å². The molecule has 1 aromatic carbocycles. The number of nitrogens with zero attached hydrogens (tertiary/aromatic N) is 1. The maximum atomic E-state index is 11.0. The molecule has 0 aliphatic carbocycles. The monoisotopic (exact) mass is 259 g/mol. The Balaban J connectivity index is 1.98. The van der Waals surface area contributed by atoms with Gasteiger partial charge < -0.3 is 9.73 Å². The van der Waals surface area contributed by atoms with Crippen molar-refractivity contribution in [2.75, 3.05) is 6.54 Å². The molecule has 5 heteroatoms. The van der Waals surface area contributed by atoms with E-state index in [0.29, 0.717) is 30.1 Å². The SMILES string of the molecule is CC(C)C(C#N)CNCc1ccc2oc(=O)[nH]c2c1. The van der Waals surface area contributed by atoms with Gasteiger partial charge in [0.1, 0.15) is 0 Å². The Kier molecular flexibility index (Phi) is 4.03. The number of nitrogens with one attached hydrogen (secondary N) is 2. The molecule has 2 aromatic rings. The van der Waals surface area contributed by atoms with Crippen molar-refractivity contribution in [3.8, 4) is 6.07 Å². The van der Waals surface area contributed by atoms with Crippen LogP contribution in [0.3, 0.4) is 0 Å². The normalized spacial score (nSPS) is 12.7. The molecular formula is C14H17N3O2. The fourth-order valence-corrected chi connectivity index (χ4v) is 1.91. The third-order valence-corrected chi connectivity index (χ3v) is 3.15. The lowest BCUT2D eigenvalue weighted by Gasteiger charge is -2.13. The van der Waals surface area contributed by atoms with Crippen LogP contribution < -0.4 is 11.1 Å². The second-order valence-electron chi connectivity index (χ2n) is 4.96. The molecule has 0 fully saturated rings. The number of aromatic nitrogens is 1. The van der Waals surface area contributed by atoms with E-state index in [1.54, 1.807) is 6.07 Å². The number of hydrogen-bond donors (Lipinski definition) is 2. The fourth-order valence-electron chi connectivity index (χ4n) is 1.91. The number of benzene rings is 1. The van der Waals surface area contributed by atoms with Crippen LogP contribution >= 0.6 is 0 Å². The van der Waals surface area contributed by atoms with Gasteiger partial charge in [0, 0.05) is 13.1 Å². The molecule has 1 unspecified atom stereocenters. The van der Waals surface area contributed by atoms with Crippen molar-refractivity contribution in [2.45, 2.75) is 20.4 Å². The maximum Gasteiger partial charge on any atom is 0.417 e. The predicted molar refractivity (Wildman–Crippen MR) is 72.5 cm³/mol. The highest BCUT2D eigenvalue weighted by Gasteiger charge is 2.11. The Morgan fingerprint density at radius 2 is 2.26 bits per heavy atom. The highest BCUT2D eigenvalue weighted by molar-refractivity contribution is 5.72. The largest absolute Gasteiger partial charge is 0.417 e. The summed E-state index contributed by atoms with van der Waals surface area (Å²) in [5, 5.41) is 12.3. The van der Waals surface area contributed by atoms with Crippen molar-refractivity contribution in [1.29, 1.82) is 5.26 Å².